The number of carbonyl (C=O) groups excluding carboxylic acids is 1. The molecule has 1 aliphatic heterocycles. The molecule has 1 aliphatic carbocycles. The molecule has 1 saturated heterocycles. The zero-order chi connectivity index (χ0) is 27.7. The molecule has 1 fully saturated rings. The second kappa shape index (κ2) is 11.1. The summed E-state index contributed by atoms with van der Waals surface area (Å²) in [5.41, 5.74) is 7.08. The van der Waals surface area contributed by atoms with E-state index in [0.29, 0.717) is 22.5 Å². The van der Waals surface area contributed by atoms with Gasteiger partial charge in [-0.2, -0.15) is 0 Å². The van der Waals surface area contributed by atoms with Crippen molar-refractivity contribution in [1.29, 1.82) is 0 Å². The summed E-state index contributed by atoms with van der Waals surface area (Å²) in [5, 5.41) is 1.75. The lowest BCUT2D eigenvalue weighted by Crippen LogP contribution is -2.47. The Morgan fingerprint density at radius 3 is 2.62 bits per heavy atom. The molecule has 6 nitrogen and oxygen atoms in total. The highest BCUT2D eigenvalue weighted by molar-refractivity contribution is 6.30. The van der Waals surface area contributed by atoms with Crippen molar-refractivity contribution in [2.75, 3.05) is 37.6 Å². The molecule has 0 saturated carbocycles. The minimum Gasteiger partial charge on any atom is -0.455 e. The second-order valence-corrected chi connectivity index (χ2v) is 12.2. The topological polar surface area (TPSA) is 61.5 Å². The van der Waals surface area contributed by atoms with Gasteiger partial charge in [-0.1, -0.05) is 43.2 Å². The maximum atomic E-state index is 11.8. The molecule has 2 aromatic carbocycles. The van der Waals surface area contributed by atoms with Crippen molar-refractivity contribution in [2.24, 2.45) is 5.41 Å². The zero-order valence-electron chi connectivity index (χ0n) is 23.1. The van der Waals surface area contributed by atoms with E-state index in [1.165, 1.54) is 17.6 Å². The number of ether oxygens (including phenoxy) is 1. The van der Waals surface area contributed by atoms with Crippen molar-refractivity contribution in [3.63, 3.8) is 0 Å². The zero-order valence-corrected chi connectivity index (χ0v) is 23.9. The molecule has 0 radical (unpaired) electrons. The highest BCUT2D eigenvalue weighted by Crippen LogP contribution is 2.43. The van der Waals surface area contributed by atoms with Crippen LogP contribution in [0, 0.1) is 5.41 Å². The Balaban J connectivity index is 1.15. The van der Waals surface area contributed by atoms with E-state index < -0.39 is 0 Å². The molecule has 2 aromatic heterocycles. The molecule has 0 amide bonds. The number of H-pyrrole nitrogens is 1. The van der Waals surface area contributed by atoms with E-state index in [1.54, 1.807) is 11.8 Å². The quantitative estimate of drug-likeness (QED) is 0.238. The van der Waals surface area contributed by atoms with Gasteiger partial charge in [0.25, 0.3) is 0 Å². The summed E-state index contributed by atoms with van der Waals surface area (Å²) in [5.74, 6) is 1.16. The Hall–Kier alpha value is -3.61. The fourth-order valence-electron chi connectivity index (χ4n) is 5.91. The summed E-state index contributed by atoms with van der Waals surface area (Å²) in [4.78, 5) is 24.2. The Labute approximate surface area is 240 Å². The lowest BCUT2D eigenvalue weighted by atomic mass is 9.72. The maximum Gasteiger partial charge on any atom is 0.153 e. The molecular weight excluding hydrogens is 520 g/mol. The number of fused-ring (bicyclic) bond motifs is 1. The van der Waals surface area contributed by atoms with E-state index >= 15 is 0 Å². The lowest BCUT2D eigenvalue weighted by molar-refractivity contribution is 0.112. The van der Waals surface area contributed by atoms with Gasteiger partial charge in [0.05, 0.1) is 11.8 Å². The third-order valence-electron chi connectivity index (χ3n) is 8.26. The number of halogens is 1. The van der Waals surface area contributed by atoms with Crippen LogP contribution in [0.1, 0.15) is 49.0 Å². The van der Waals surface area contributed by atoms with Crippen LogP contribution in [0.5, 0.6) is 11.5 Å². The molecule has 206 valence electrons. The van der Waals surface area contributed by atoms with Gasteiger partial charge < -0.3 is 14.6 Å². The lowest BCUT2D eigenvalue weighted by Gasteiger charge is -2.39. The number of allylic oxidation sites excluding steroid dienone is 1. The highest BCUT2D eigenvalue weighted by Gasteiger charge is 2.29. The van der Waals surface area contributed by atoms with Crippen LogP contribution in [-0.4, -0.2) is 53.9 Å². The van der Waals surface area contributed by atoms with E-state index in [2.05, 4.69) is 45.7 Å². The van der Waals surface area contributed by atoms with Crippen LogP contribution < -0.4 is 9.64 Å². The van der Waals surface area contributed by atoms with Crippen molar-refractivity contribution < 1.29 is 9.53 Å². The summed E-state index contributed by atoms with van der Waals surface area (Å²) in [6.07, 6.45) is 7.83. The Kier molecular flexibility index (Phi) is 7.39. The number of nitrogens with zero attached hydrogens (tertiary/aromatic N) is 3. The summed E-state index contributed by atoms with van der Waals surface area (Å²) in [6.45, 7) is 9.58. The second-order valence-electron chi connectivity index (χ2n) is 11.7. The van der Waals surface area contributed by atoms with Gasteiger partial charge in [-0.15, -0.1) is 0 Å². The summed E-state index contributed by atoms with van der Waals surface area (Å²) in [6, 6.07) is 18.1. The smallest absolute Gasteiger partial charge is 0.153 e. The Bertz CT molecular complexity index is 1550. The average molecular weight is 555 g/mol. The number of hydrogen-bond acceptors (Lipinski definition) is 5. The minimum absolute atomic E-state index is 0.314. The molecule has 1 N–H and O–H groups in total. The summed E-state index contributed by atoms with van der Waals surface area (Å²) in [7, 11) is 0. The van der Waals surface area contributed by atoms with Gasteiger partial charge in [0, 0.05) is 61.1 Å². The number of anilines is 1. The van der Waals surface area contributed by atoms with Crippen molar-refractivity contribution in [1.82, 2.24) is 14.9 Å². The molecule has 0 atom stereocenters. The first-order valence-corrected chi connectivity index (χ1v) is 14.4. The first-order valence-electron chi connectivity index (χ1n) is 14.0. The predicted octanol–water partition coefficient (Wildman–Crippen LogP) is 7.61. The van der Waals surface area contributed by atoms with Crippen LogP contribution in [0.25, 0.3) is 16.6 Å². The molecule has 3 heterocycles. The van der Waals surface area contributed by atoms with Gasteiger partial charge in [0.15, 0.2) is 6.29 Å². The average Bonchev–Trinajstić information content (AvgIpc) is 3.43. The molecule has 0 unspecified atom stereocenters. The van der Waals surface area contributed by atoms with Gasteiger partial charge in [-0.3, -0.25) is 9.69 Å². The van der Waals surface area contributed by atoms with Gasteiger partial charge >= 0.3 is 0 Å². The molecule has 40 heavy (non-hydrogen) atoms. The van der Waals surface area contributed by atoms with E-state index in [1.807, 2.05) is 48.7 Å². The van der Waals surface area contributed by atoms with E-state index in [4.69, 9.17) is 16.3 Å². The molecule has 6 rings (SSSR count). The summed E-state index contributed by atoms with van der Waals surface area (Å²) >= 11 is 6.19. The number of piperazine rings is 1. The van der Waals surface area contributed by atoms with E-state index in [9.17, 15) is 4.79 Å². The van der Waals surface area contributed by atoms with E-state index in [0.717, 1.165) is 73.6 Å². The van der Waals surface area contributed by atoms with Gasteiger partial charge in [0.2, 0.25) is 0 Å². The number of carbonyl (C=O) groups is 1. The fourth-order valence-corrected chi connectivity index (χ4v) is 6.03. The largest absolute Gasteiger partial charge is 0.455 e. The fraction of sp³-hybridized carbons (Fsp3) is 0.333. The van der Waals surface area contributed by atoms with Crippen molar-refractivity contribution in [3.05, 3.63) is 88.7 Å². The van der Waals surface area contributed by atoms with Gasteiger partial charge in [-0.05, 0) is 72.2 Å². The number of nitrogens with one attached hydrogen (secondary N) is 1. The van der Waals surface area contributed by atoms with Crippen LogP contribution in [0.4, 0.5) is 5.69 Å². The van der Waals surface area contributed by atoms with Crippen LogP contribution in [-0.2, 0) is 0 Å². The number of aromatic amines is 1. The molecule has 0 spiro atoms. The molecule has 4 aromatic rings. The number of pyridine rings is 1. The van der Waals surface area contributed by atoms with Crippen molar-refractivity contribution in [2.45, 2.75) is 33.1 Å². The predicted molar refractivity (Wildman–Crippen MR) is 163 cm³/mol. The first-order chi connectivity index (χ1) is 19.4. The molecule has 0 bridgehead atoms. The normalized spacial score (nSPS) is 17.8. The molecule has 2 aliphatic rings. The highest BCUT2D eigenvalue weighted by atomic mass is 35.5. The number of aromatic nitrogens is 2. The molecule has 7 heteroatoms. The number of hydrogen-bond donors (Lipinski definition) is 1. The maximum absolute atomic E-state index is 11.8. The van der Waals surface area contributed by atoms with E-state index in [-0.39, 0.29) is 0 Å². The first kappa shape index (κ1) is 26.6. The monoisotopic (exact) mass is 554 g/mol. The van der Waals surface area contributed by atoms with Crippen molar-refractivity contribution in [3.8, 4) is 11.5 Å². The third-order valence-corrected chi connectivity index (χ3v) is 8.51. The Morgan fingerprint density at radius 2 is 1.85 bits per heavy atom. The van der Waals surface area contributed by atoms with Crippen LogP contribution in [0.15, 0.2) is 72.6 Å². The van der Waals surface area contributed by atoms with Crippen LogP contribution in [0.3, 0.4) is 0 Å². The van der Waals surface area contributed by atoms with Gasteiger partial charge in [0.1, 0.15) is 17.1 Å². The summed E-state index contributed by atoms with van der Waals surface area (Å²) < 4.78 is 6.15. The Morgan fingerprint density at radius 1 is 1.05 bits per heavy atom. The van der Waals surface area contributed by atoms with Crippen molar-refractivity contribution >= 4 is 40.2 Å². The standard InChI is InChI=1S/C33H35ClN4O2/c1-33(2)11-9-25(30(19-33)23-3-6-27(34)7-4-23)21-37-13-15-38(16-14-37)28-8-5-26(22-39)31(18-28)40-29-17-24-10-12-35-32(24)36-20-29/h3-8,10,12,17-18,20,22H,9,11,13-16,19,21H2,1-2H3,(H,35,36). The third kappa shape index (κ3) is 5.79. The SMILES string of the molecule is CC1(C)CCC(CN2CCN(c3ccc(C=O)c(Oc4cnc5[nH]ccc5c4)c3)CC2)=C(c2ccc(Cl)cc2)C1. The number of rotatable bonds is 7. The number of aldehydes is 1. The number of benzene rings is 2. The van der Waals surface area contributed by atoms with Crippen LogP contribution in [0.2, 0.25) is 5.02 Å². The van der Waals surface area contributed by atoms with Gasteiger partial charge in [-0.25, -0.2) is 4.98 Å². The van der Waals surface area contributed by atoms with Crippen LogP contribution >= 0.6 is 11.6 Å². The minimum atomic E-state index is 0.314. The molecular formula is C33H35ClN4O2.